The van der Waals surface area contributed by atoms with Crippen LogP contribution in [0.2, 0.25) is 0 Å². The summed E-state index contributed by atoms with van der Waals surface area (Å²) >= 11 is 0. The maximum absolute atomic E-state index is 12.2. The molecule has 2 heterocycles. The summed E-state index contributed by atoms with van der Waals surface area (Å²) in [5, 5.41) is 7.03. The molecule has 26 heavy (non-hydrogen) atoms. The van der Waals surface area contributed by atoms with Gasteiger partial charge in [0.25, 0.3) is 5.91 Å². The summed E-state index contributed by atoms with van der Waals surface area (Å²) < 4.78 is 11.8. The van der Waals surface area contributed by atoms with Crippen LogP contribution in [0.5, 0.6) is 0 Å². The maximum Gasteiger partial charge on any atom is 0.341 e. The van der Waals surface area contributed by atoms with E-state index in [0.29, 0.717) is 23.6 Å². The second kappa shape index (κ2) is 7.26. The highest BCUT2D eigenvalue weighted by Gasteiger charge is 2.16. The summed E-state index contributed by atoms with van der Waals surface area (Å²) in [7, 11) is 0. The number of carbonyl (C=O) groups excluding carboxylic acids is 2. The number of rotatable bonds is 5. The van der Waals surface area contributed by atoms with E-state index in [1.165, 1.54) is 12.5 Å². The Bertz CT molecular complexity index is 938. The number of anilines is 1. The van der Waals surface area contributed by atoms with E-state index >= 15 is 0 Å². The first-order valence-electron chi connectivity index (χ1n) is 8.19. The van der Waals surface area contributed by atoms with Gasteiger partial charge in [-0.05, 0) is 51.1 Å². The number of esters is 1. The average Bonchev–Trinajstić information content (AvgIpc) is 3.22. The normalized spacial score (nSPS) is 10.6. The highest BCUT2D eigenvalue weighted by Crippen LogP contribution is 2.19. The summed E-state index contributed by atoms with van der Waals surface area (Å²) in [6.07, 6.45) is 2.97. The van der Waals surface area contributed by atoms with Gasteiger partial charge in [0, 0.05) is 11.3 Å². The number of aryl methyl sites for hydroxylation is 1. The number of hydrogen-bond donors (Lipinski definition) is 1. The number of carbonyl (C=O) groups is 2. The fourth-order valence-corrected chi connectivity index (χ4v) is 2.56. The van der Waals surface area contributed by atoms with Gasteiger partial charge in [-0.15, -0.1) is 0 Å². The molecule has 7 heteroatoms. The molecule has 0 saturated heterocycles. The highest BCUT2D eigenvalue weighted by atomic mass is 16.5. The molecule has 0 fully saturated rings. The molecule has 0 aliphatic rings. The maximum atomic E-state index is 12.2. The Balaban J connectivity index is 1.77. The third-order valence-corrected chi connectivity index (χ3v) is 3.94. The Morgan fingerprint density at radius 2 is 1.92 bits per heavy atom. The summed E-state index contributed by atoms with van der Waals surface area (Å²) in [6.45, 7) is 5.68. The quantitative estimate of drug-likeness (QED) is 0.709. The molecule has 0 saturated carbocycles. The first-order chi connectivity index (χ1) is 12.5. The summed E-state index contributed by atoms with van der Waals surface area (Å²) in [5.41, 5.74) is 3.29. The minimum absolute atomic E-state index is 0.288. The van der Waals surface area contributed by atoms with Crippen molar-refractivity contribution < 1.29 is 18.7 Å². The van der Waals surface area contributed by atoms with Crippen molar-refractivity contribution in [3.8, 4) is 5.69 Å². The highest BCUT2D eigenvalue weighted by molar-refractivity contribution is 6.03. The Morgan fingerprint density at radius 3 is 2.54 bits per heavy atom. The molecule has 0 spiro atoms. The zero-order chi connectivity index (χ0) is 18.7. The number of hydrogen-bond acceptors (Lipinski definition) is 5. The smallest absolute Gasteiger partial charge is 0.341 e. The Kier molecular flexibility index (Phi) is 4.88. The Morgan fingerprint density at radius 1 is 1.19 bits per heavy atom. The molecule has 0 aliphatic carbocycles. The molecule has 0 aliphatic heterocycles. The van der Waals surface area contributed by atoms with E-state index < -0.39 is 5.97 Å². The molecule has 2 aromatic heterocycles. The fourth-order valence-electron chi connectivity index (χ4n) is 2.56. The second-order valence-electron chi connectivity index (χ2n) is 5.71. The van der Waals surface area contributed by atoms with E-state index in [9.17, 15) is 9.59 Å². The van der Waals surface area contributed by atoms with Crippen molar-refractivity contribution in [1.82, 2.24) is 9.78 Å². The van der Waals surface area contributed by atoms with E-state index in [2.05, 4.69) is 10.4 Å². The van der Waals surface area contributed by atoms with Gasteiger partial charge >= 0.3 is 5.97 Å². The van der Waals surface area contributed by atoms with Gasteiger partial charge in [0.05, 0.1) is 30.4 Å². The van der Waals surface area contributed by atoms with Crippen molar-refractivity contribution in [3.63, 3.8) is 0 Å². The number of benzene rings is 1. The summed E-state index contributed by atoms with van der Waals surface area (Å²) in [6, 6.07) is 8.87. The number of nitrogens with zero attached hydrogens (tertiary/aromatic N) is 2. The van der Waals surface area contributed by atoms with Gasteiger partial charge in [-0.3, -0.25) is 4.79 Å². The summed E-state index contributed by atoms with van der Waals surface area (Å²) in [5.74, 6) is -0.412. The van der Waals surface area contributed by atoms with Crippen LogP contribution in [0, 0.1) is 13.8 Å². The van der Waals surface area contributed by atoms with Crippen molar-refractivity contribution in [2.45, 2.75) is 20.8 Å². The molecule has 3 rings (SSSR count). The predicted molar refractivity (Wildman–Crippen MR) is 95.7 cm³/mol. The third-order valence-electron chi connectivity index (χ3n) is 3.94. The first kappa shape index (κ1) is 17.5. The van der Waals surface area contributed by atoms with Crippen LogP contribution in [-0.4, -0.2) is 28.3 Å². The standard InChI is InChI=1S/C19H19N3O4/c1-4-25-19(24)16-11-20-22(13(16)3)15-7-5-14(6-8-15)21-18(23)17-12(2)9-10-26-17/h5-11H,4H2,1-3H3,(H,21,23). The fraction of sp³-hybridized carbons (Fsp3) is 0.211. The molecule has 1 aromatic carbocycles. The van der Waals surface area contributed by atoms with Crippen molar-refractivity contribution in [2.75, 3.05) is 11.9 Å². The number of ether oxygens (including phenoxy) is 1. The lowest BCUT2D eigenvalue weighted by Gasteiger charge is -2.08. The van der Waals surface area contributed by atoms with Gasteiger partial charge < -0.3 is 14.5 Å². The molecule has 0 bridgehead atoms. The lowest BCUT2D eigenvalue weighted by molar-refractivity contribution is 0.0525. The van der Waals surface area contributed by atoms with Crippen LogP contribution in [-0.2, 0) is 4.74 Å². The number of furan rings is 1. The van der Waals surface area contributed by atoms with E-state index in [4.69, 9.17) is 9.15 Å². The van der Waals surface area contributed by atoms with Crippen LogP contribution in [0.15, 0.2) is 47.2 Å². The van der Waals surface area contributed by atoms with Crippen molar-refractivity contribution in [1.29, 1.82) is 0 Å². The first-order valence-corrected chi connectivity index (χ1v) is 8.19. The zero-order valence-electron chi connectivity index (χ0n) is 14.8. The van der Waals surface area contributed by atoms with Crippen LogP contribution in [0.1, 0.15) is 39.1 Å². The third kappa shape index (κ3) is 3.37. The lowest BCUT2D eigenvalue weighted by atomic mass is 10.2. The molecular weight excluding hydrogens is 334 g/mol. The van der Waals surface area contributed by atoms with Crippen molar-refractivity contribution >= 4 is 17.6 Å². The zero-order valence-corrected chi connectivity index (χ0v) is 14.8. The molecule has 1 N–H and O–H groups in total. The van der Waals surface area contributed by atoms with Crippen molar-refractivity contribution in [3.05, 3.63) is 65.4 Å². The van der Waals surface area contributed by atoms with Crippen LogP contribution < -0.4 is 5.32 Å². The SMILES string of the molecule is CCOC(=O)c1cnn(-c2ccc(NC(=O)c3occc3C)cc2)c1C. The van der Waals surface area contributed by atoms with Gasteiger partial charge in [0.2, 0.25) is 0 Å². The molecule has 0 unspecified atom stereocenters. The van der Waals surface area contributed by atoms with Crippen LogP contribution in [0.25, 0.3) is 5.69 Å². The minimum Gasteiger partial charge on any atom is -0.462 e. The molecule has 0 atom stereocenters. The molecule has 134 valence electrons. The monoisotopic (exact) mass is 353 g/mol. The number of aromatic nitrogens is 2. The van der Waals surface area contributed by atoms with Gasteiger partial charge in [0.1, 0.15) is 5.56 Å². The molecule has 7 nitrogen and oxygen atoms in total. The van der Waals surface area contributed by atoms with Gasteiger partial charge in [0.15, 0.2) is 5.76 Å². The predicted octanol–water partition coefficient (Wildman–Crippen LogP) is 3.51. The van der Waals surface area contributed by atoms with Gasteiger partial charge in [-0.1, -0.05) is 0 Å². The van der Waals surface area contributed by atoms with Crippen LogP contribution in [0.3, 0.4) is 0 Å². The Hall–Kier alpha value is -3.35. The molecular formula is C19H19N3O4. The topological polar surface area (TPSA) is 86.4 Å². The second-order valence-corrected chi connectivity index (χ2v) is 5.71. The Labute approximate surface area is 150 Å². The van der Waals surface area contributed by atoms with Crippen LogP contribution in [0.4, 0.5) is 5.69 Å². The van der Waals surface area contributed by atoms with E-state index in [1.54, 1.807) is 48.9 Å². The average molecular weight is 353 g/mol. The molecule has 0 radical (unpaired) electrons. The number of amides is 1. The van der Waals surface area contributed by atoms with E-state index in [1.807, 2.05) is 6.92 Å². The van der Waals surface area contributed by atoms with Gasteiger partial charge in [-0.2, -0.15) is 5.10 Å². The number of nitrogens with one attached hydrogen (secondary N) is 1. The minimum atomic E-state index is -0.394. The van der Waals surface area contributed by atoms with E-state index in [0.717, 1.165) is 11.3 Å². The largest absolute Gasteiger partial charge is 0.462 e. The molecule has 3 aromatic rings. The van der Waals surface area contributed by atoms with E-state index in [-0.39, 0.29) is 11.7 Å². The van der Waals surface area contributed by atoms with Crippen LogP contribution >= 0.6 is 0 Å². The van der Waals surface area contributed by atoms with Crippen molar-refractivity contribution in [2.24, 2.45) is 0 Å². The lowest BCUT2D eigenvalue weighted by Crippen LogP contribution is -2.12. The van der Waals surface area contributed by atoms with Gasteiger partial charge in [-0.25, -0.2) is 9.48 Å². The summed E-state index contributed by atoms with van der Waals surface area (Å²) in [4.78, 5) is 24.1. The molecule has 1 amide bonds.